The largest absolute Gasteiger partial charge is 0.355 e. The number of nitrogens with one attached hydrogen (secondary N) is 1. The van der Waals surface area contributed by atoms with Crippen molar-refractivity contribution in [3.63, 3.8) is 0 Å². The van der Waals surface area contributed by atoms with E-state index >= 15 is 0 Å². The smallest absolute Gasteiger partial charge is 0.238 e. The highest BCUT2D eigenvalue weighted by atomic mass is 32.2. The summed E-state index contributed by atoms with van der Waals surface area (Å²) in [7, 11) is -3.64. The molecule has 7 heteroatoms. The van der Waals surface area contributed by atoms with Gasteiger partial charge in [-0.3, -0.25) is 4.79 Å². The summed E-state index contributed by atoms with van der Waals surface area (Å²) in [5.74, 6) is 1.17. The van der Waals surface area contributed by atoms with Crippen molar-refractivity contribution in [3.05, 3.63) is 29.8 Å². The van der Waals surface area contributed by atoms with E-state index in [0.29, 0.717) is 13.0 Å². The van der Waals surface area contributed by atoms with Gasteiger partial charge >= 0.3 is 0 Å². The van der Waals surface area contributed by atoms with Gasteiger partial charge in [-0.25, -0.2) is 13.6 Å². The zero-order valence-corrected chi connectivity index (χ0v) is 13.4. The number of hydrogen-bond donors (Lipinski definition) is 2. The summed E-state index contributed by atoms with van der Waals surface area (Å²) in [6, 6.07) is 6.43. The van der Waals surface area contributed by atoms with Crippen molar-refractivity contribution < 1.29 is 13.2 Å². The maximum Gasteiger partial charge on any atom is 0.238 e. The minimum atomic E-state index is -3.64. The van der Waals surface area contributed by atoms with Crippen LogP contribution in [0.2, 0.25) is 0 Å². The highest BCUT2D eigenvalue weighted by molar-refractivity contribution is 8.00. The Morgan fingerprint density at radius 2 is 2.00 bits per heavy atom. The Labute approximate surface area is 129 Å². The fraction of sp³-hybridized carbons (Fsp3) is 0.500. The van der Waals surface area contributed by atoms with E-state index in [9.17, 15) is 13.2 Å². The fourth-order valence-corrected chi connectivity index (χ4v) is 3.98. The van der Waals surface area contributed by atoms with Crippen molar-refractivity contribution in [2.75, 3.05) is 12.3 Å². The summed E-state index contributed by atoms with van der Waals surface area (Å²) in [5.41, 5.74) is 0.971. The Kier molecular flexibility index (Phi) is 5.66. The van der Waals surface area contributed by atoms with Crippen molar-refractivity contribution in [2.24, 2.45) is 5.14 Å². The van der Waals surface area contributed by atoms with Crippen molar-refractivity contribution in [1.29, 1.82) is 0 Å². The second-order valence-corrected chi connectivity index (χ2v) is 7.96. The van der Waals surface area contributed by atoms with Crippen LogP contribution in [0.1, 0.15) is 24.8 Å². The molecule has 0 aliphatic carbocycles. The van der Waals surface area contributed by atoms with E-state index < -0.39 is 10.0 Å². The molecule has 0 radical (unpaired) electrons. The van der Waals surface area contributed by atoms with Gasteiger partial charge in [-0.15, -0.1) is 11.8 Å². The van der Waals surface area contributed by atoms with Crippen LogP contribution in [0.4, 0.5) is 0 Å². The molecule has 5 nitrogen and oxygen atoms in total. The maximum atomic E-state index is 11.9. The van der Waals surface area contributed by atoms with Gasteiger partial charge in [-0.2, -0.15) is 0 Å². The normalized spacial score (nSPS) is 19.2. The molecular weight excluding hydrogens is 308 g/mol. The standard InChI is InChI=1S/C14H20N2O3S2/c15-21(18,19)12-6-4-11(5-7-12)8-9-16-14(17)13-3-1-2-10-20-13/h4-7,13H,1-3,8-10H2,(H,16,17)(H2,15,18,19). The molecule has 1 amide bonds. The number of thioether (sulfide) groups is 1. The lowest BCUT2D eigenvalue weighted by Crippen LogP contribution is -2.35. The quantitative estimate of drug-likeness (QED) is 0.852. The molecule has 2 rings (SSSR count). The Morgan fingerprint density at radius 3 is 2.57 bits per heavy atom. The van der Waals surface area contributed by atoms with Gasteiger partial charge in [0.2, 0.25) is 15.9 Å². The first-order valence-corrected chi connectivity index (χ1v) is 9.57. The molecular formula is C14H20N2O3S2. The second-order valence-electron chi connectivity index (χ2n) is 5.09. The van der Waals surface area contributed by atoms with Gasteiger partial charge in [0.05, 0.1) is 10.1 Å². The average Bonchev–Trinajstić information content (AvgIpc) is 2.47. The van der Waals surface area contributed by atoms with Crippen LogP contribution in [0.25, 0.3) is 0 Å². The molecule has 1 heterocycles. The van der Waals surface area contributed by atoms with E-state index in [1.54, 1.807) is 23.9 Å². The number of primary sulfonamides is 1. The molecule has 0 bridgehead atoms. The van der Waals surface area contributed by atoms with Crippen molar-refractivity contribution in [3.8, 4) is 0 Å². The van der Waals surface area contributed by atoms with Crippen LogP contribution < -0.4 is 10.5 Å². The molecule has 1 aromatic rings. The minimum Gasteiger partial charge on any atom is -0.355 e. The number of sulfonamides is 1. The lowest BCUT2D eigenvalue weighted by atomic mass is 10.1. The van der Waals surface area contributed by atoms with Crippen LogP contribution in [-0.2, 0) is 21.2 Å². The van der Waals surface area contributed by atoms with Gasteiger partial charge in [0.1, 0.15) is 0 Å². The molecule has 0 aromatic heterocycles. The Bertz CT molecular complexity index is 579. The van der Waals surface area contributed by atoms with Crippen LogP contribution in [0.5, 0.6) is 0 Å². The zero-order chi connectivity index (χ0) is 15.3. The number of benzene rings is 1. The first kappa shape index (κ1) is 16.3. The third-order valence-corrected chi connectivity index (χ3v) is 5.74. The number of rotatable bonds is 5. The van der Waals surface area contributed by atoms with Gasteiger partial charge in [-0.1, -0.05) is 18.6 Å². The third-order valence-electron chi connectivity index (χ3n) is 3.44. The van der Waals surface area contributed by atoms with E-state index in [1.807, 2.05) is 0 Å². The summed E-state index contributed by atoms with van der Waals surface area (Å²) in [6.45, 7) is 0.560. The van der Waals surface area contributed by atoms with Crippen LogP contribution in [0.15, 0.2) is 29.2 Å². The summed E-state index contributed by atoms with van der Waals surface area (Å²) in [6.07, 6.45) is 3.96. The molecule has 116 valence electrons. The average molecular weight is 328 g/mol. The molecule has 0 spiro atoms. The Morgan fingerprint density at radius 1 is 1.29 bits per heavy atom. The molecule has 1 aromatic carbocycles. The van der Waals surface area contributed by atoms with E-state index in [-0.39, 0.29) is 16.1 Å². The highest BCUT2D eigenvalue weighted by Gasteiger charge is 2.20. The highest BCUT2D eigenvalue weighted by Crippen LogP contribution is 2.24. The van der Waals surface area contributed by atoms with E-state index in [0.717, 1.165) is 24.2 Å². The number of amides is 1. The Balaban J connectivity index is 1.79. The summed E-state index contributed by atoms with van der Waals surface area (Å²) in [4.78, 5) is 12.1. The number of carbonyl (C=O) groups is 1. The van der Waals surface area contributed by atoms with E-state index in [2.05, 4.69) is 5.32 Å². The third kappa shape index (κ3) is 5.01. The minimum absolute atomic E-state index is 0.0866. The van der Waals surface area contributed by atoms with Crippen LogP contribution >= 0.6 is 11.8 Å². The molecule has 3 N–H and O–H groups in total. The molecule has 1 aliphatic heterocycles. The summed E-state index contributed by atoms with van der Waals surface area (Å²) >= 11 is 1.73. The van der Waals surface area contributed by atoms with Gasteiger partial charge in [-0.05, 0) is 42.7 Å². The molecule has 1 atom stereocenters. The number of nitrogens with two attached hydrogens (primary N) is 1. The summed E-state index contributed by atoms with van der Waals surface area (Å²) in [5, 5.41) is 8.07. The lowest BCUT2D eigenvalue weighted by Gasteiger charge is -2.20. The monoisotopic (exact) mass is 328 g/mol. The lowest BCUT2D eigenvalue weighted by molar-refractivity contribution is -0.120. The molecule has 1 aliphatic rings. The van der Waals surface area contributed by atoms with Gasteiger partial charge in [0, 0.05) is 6.54 Å². The summed E-state index contributed by atoms with van der Waals surface area (Å²) < 4.78 is 22.3. The predicted molar refractivity (Wildman–Crippen MR) is 84.6 cm³/mol. The molecule has 1 saturated heterocycles. The van der Waals surface area contributed by atoms with Crippen LogP contribution in [-0.4, -0.2) is 31.9 Å². The predicted octanol–water partition coefficient (Wildman–Crippen LogP) is 1.28. The van der Waals surface area contributed by atoms with Crippen LogP contribution in [0, 0.1) is 0 Å². The SMILES string of the molecule is NS(=O)(=O)c1ccc(CCNC(=O)C2CCCCS2)cc1. The van der Waals surface area contributed by atoms with E-state index in [4.69, 9.17) is 5.14 Å². The van der Waals surface area contributed by atoms with Gasteiger partial charge in [0.15, 0.2) is 0 Å². The molecule has 1 unspecified atom stereocenters. The van der Waals surface area contributed by atoms with Crippen molar-refractivity contribution in [1.82, 2.24) is 5.32 Å². The van der Waals surface area contributed by atoms with Crippen molar-refractivity contribution >= 4 is 27.7 Å². The van der Waals surface area contributed by atoms with Crippen LogP contribution in [0.3, 0.4) is 0 Å². The topological polar surface area (TPSA) is 89.3 Å². The zero-order valence-electron chi connectivity index (χ0n) is 11.7. The first-order chi connectivity index (χ1) is 9.97. The Hall–Kier alpha value is -1.05. The first-order valence-electron chi connectivity index (χ1n) is 6.98. The van der Waals surface area contributed by atoms with Gasteiger partial charge in [0.25, 0.3) is 0 Å². The fourth-order valence-electron chi connectivity index (χ4n) is 2.24. The molecule has 21 heavy (non-hydrogen) atoms. The van der Waals surface area contributed by atoms with Gasteiger partial charge < -0.3 is 5.32 Å². The van der Waals surface area contributed by atoms with E-state index in [1.165, 1.54) is 18.6 Å². The maximum absolute atomic E-state index is 11.9. The molecule has 0 saturated carbocycles. The molecule has 1 fully saturated rings. The second kappa shape index (κ2) is 7.29. The number of carbonyl (C=O) groups excluding carboxylic acids is 1. The van der Waals surface area contributed by atoms with Crippen molar-refractivity contribution in [2.45, 2.75) is 35.8 Å². The number of hydrogen-bond acceptors (Lipinski definition) is 4.